The van der Waals surface area contributed by atoms with Crippen LogP contribution in [0.2, 0.25) is 0 Å². The van der Waals surface area contributed by atoms with Gasteiger partial charge >= 0.3 is 0 Å². The first kappa shape index (κ1) is 17.0. The van der Waals surface area contributed by atoms with Crippen molar-refractivity contribution in [1.29, 1.82) is 0 Å². The van der Waals surface area contributed by atoms with E-state index in [2.05, 4.69) is 15.7 Å². The van der Waals surface area contributed by atoms with Crippen LogP contribution >= 0.6 is 0 Å². The van der Waals surface area contributed by atoms with Crippen molar-refractivity contribution in [1.82, 2.24) is 9.78 Å². The fraction of sp³-hybridized carbons (Fsp3) is 0.389. The summed E-state index contributed by atoms with van der Waals surface area (Å²) in [5.74, 6) is -0.574. The summed E-state index contributed by atoms with van der Waals surface area (Å²) < 4.78 is 7.59. The Bertz CT molecular complexity index is 856. The minimum absolute atomic E-state index is 0.168. The first-order chi connectivity index (χ1) is 11.7. The van der Waals surface area contributed by atoms with Crippen LogP contribution in [0.1, 0.15) is 38.2 Å². The van der Waals surface area contributed by atoms with E-state index in [1.165, 1.54) is 6.92 Å². The van der Waals surface area contributed by atoms with Crippen LogP contribution < -0.4 is 15.4 Å². The molecule has 2 amide bonds. The highest BCUT2D eigenvalue weighted by Gasteiger charge is 2.47. The quantitative estimate of drug-likeness (QED) is 0.840. The molecule has 25 heavy (non-hydrogen) atoms. The topological polar surface area (TPSA) is 85.2 Å². The van der Waals surface area contributed by atoms with Crippen molar-refractivity contribution < 1.29 is 14.3 Å². The number of aromatic nitrogens is 2. The maximum absolute atomic E-state index is 12.9. The van der Waals surface area contributed by atoms with E-state index >= 15 is 0 Å². The number of hydrogen-bond donors (Lipinski definition) is 2. The lowest BCUT2D eigenvalue weighted by atomic mass is 10.0. The molecule has 1 aromatic carbocycles. The van der Waals surface area contributed by atoms with Crippen molar-refractivity contribution in [3.63, 3.8) is 0 Å². The third-order valence-electron chi connectivity index (χ3n) is 4.37. The third kappa shape index (κ3) is 2.75. The molecule has 0 spiro atoms. The fourth-order valence-electron chi connectivity index (χ4n) is 2.90. The van der Waals surface area contributed by atoms with Crippen molar-refractivity contribution in [2.24, 2.45) is 0 Å². The van der Waals surface area contributed by atoms with E-state index in [0.29, 0.717) is 22.8 Å². The van der Waals surface area contributed by atoms with Crippen LogP contribution in [0.4, 0.5) is 11.4 Å². The molecule has 1 aliphatic rings. The second-order valence-corrected chi connectivity index (χ2v) is 6.62. The maximum Gasteiger partial charge on any atom is 0.278 e. The van der Waals surface area contributed by atoms with Crippen molar-refractivity contribution in [2.75, 3.05) is 10.6 Å². The Hall–Kier alpha value is -2.83. The number of hydrogen-bond acceptors (Lipinski definition) is 4. The highest BCUT2D eigenvalue weighted by Crippen LogP contribution is 2.34. The van der Waals surface area contributed by atoms with E-state index in [4.69, 9.17) is 4.74 Å². The van der Waals surface area contributed by atoms with Crippen LogP contribution in [0.3, 0.4) is 0 Å². The summed E-state index contributed by atoms with van der Waals surface area (Å²) in [5.41, 5.74) is 1.03. The van der Waals surface area contributed by atoms with Gasteiger partial charge in [0, 0.05) is 6.04 Å². The predicted molar refractivity (Wildman–Crippen MR) is 94.8 cm³/mol. The molecule has 0 saturated heterocycles. The van der Waals surface area contributed by atoms with Crippen molar-refractivity contribution in [3.8, 4) is 5.75 Å². The third-order valence-corrected chi connectivity index (χ3v) is 4.37. The standard InChI is InChI=1S/C18H22N4O3/c1-10(2)22-12(4)15(11(3)21-22)20-17(24)18(5)16(23)19-13-8-6-7-9-14(13)25-18/h6-10H,1-5H3,(H,19,23)(H,20,24). The summed E-state index contributed by atoms with van der Waals surface area (Å²) in [6.07, 6.45) is 0. The van der Waals surface area contributed by atoms with Gasteiger partial charge in [0.2, 0.25) is 0 Å². The summed E-state index contributed by atoms with van der Waals surface area (Å²) in [5, 5.41) is 9.99. The van der Waals surface area contributed by atoms with Crippen molar-refractivity contribution in [3.05, 3.63) is 35.7 Å². The Morgan fingerprint density at radius 1 is 1.32 bits per heavy atom. The van der Waals surface area contributed by atoms with Gasteiger partial charge in [-0.05, 0) is 46.8 Å². The molecule has 2 heterocycles. The fourth-order valence-corrected chi connectivity index (χ4v) is 2.90. The molecule has 0 radical (unpaired) electrons. The highest BCUT2D eigenvalue weighted by atomic mass is 16.5. The lowest BCUT2D eigenvalue weighted by molar-refractivity contribution is -0.143. The Morgan fingerprint density at radius 3 is 2.64 bits per heavy atom. The molecule has 132 valence electrons. The van der Waals surface area contributed by atoms with Crippen LogP contribution in [0.15, 0.2) is 24.3 Å². The molecule has 2 aromatic rings. The van der Waals surface area contributed by atoms with Gasteiger partial charge in [-0.2, -0.15) is 5.10 Å². The zero-order valence-electron chi connectivity index (χ0n) is 15.0. The zero-order valence-corrected chi connectivity index (χ0v) is 15.0. The summed E-state index contributed by atoms with van der Waals surface area (Å²) in [6.45, 7) is 9.20. The van der Waals surface area contributed by atoms with Gasteiger partial charge in [-0.15, -0.1) is 0 Å². The average Bonchev–Trinajstić information content (AvgIpc) is 2.84. The Labute approximate surface area is 146 Å². The maximum atomic E-state index is 12.9. The molecule has 0 fully saturated rings. The molecule has 1 atom stereocenters. The highest BCUT2D eigenvalue weighted by molar-refractivity contribution is 6.19. The van der Waals surface area contributed by atoms with Gasteiger partial charge in [0.15, 0.2) is 0 Å². The van der Waals surface area contributed by atoms with Crippen LogP contribution in [-0.4, -0.2) is 27.2 Å². The number of aryl methyl sites for hydroxylation is 1. The van der Waals surface area contributed by atoms with E-state index in [1.54, 1.807) is 24.3 Å². The number of ether oxygens (including phenoxy) is 1. The van der Waals surface area contributed by atoms with Crippen LogP contribution in [0, 0.1) is 13.8 Å². The Balaban J connectivity index is 1.90. The number of nitrogens with zero attached hydrogens (tertiary/aromatic N) is 2. The lowest BCUT2D eigenvalue weighted by Crippen LogP contribution is -2.56. The largest absolute Gasteiger partial charge is 0.466 e. The molecular formula is C18H22N4O3. The number of nitrogens with one attached hydrogen (secondary N) is 2. The summed E-state index contributed by atoms with van der Waals surface area (Å²) in [4.78, 5) is 25.3. The second kappa shape index (κ2) is 5.91. The Morgan fingerprint density at radius 2 is 2.00 bits per heavy atom. The Kier molecular flexibility index (Phi) is 4.02. The number of amides is 2. The molecule has 7 nitrogen and oxygen atoms in total. The number of fused-ring (bicyclic) bond motifs is 1. The van der Waals surface area contributed by atoms with Gasteiger partial charge in [-0.25, -0.2) is 0 Å². The first-order valence-corrected chi connectivity index (χ1v) is 8.20. The number of rotatable bonds is 3. The predicted octanol–water partition coefficient (Wildman–Crippen LogP) is 2.81. The molecule has 1 aromatic heterocycles. The molecule has 3 rings (SSSR count). The van der Waals surface area contributed by atoms with E-state index < -0.39 is 17.4 Å². The van der Waals surface area contributed by atoms with Gasteiger partial charge in [-0.3, -0.25) is 14.3 Å². The van der Waals surface area contributed by atoms with E-state index in [1.807, 2.05) is 32.4 Å². The van der Waals surface area contributed by atoms with E-state index in [9.17, 15) is 9.59 Å². The van der Waals surface area contributed by atoms with Crippen LogP contribution in [-0.2, 0) is 9.59 Å². The van der Waals surface area contributed by atoms with Gasteiger partial charge in [-0.1, -0.05) is 12.1 Å². The van der Waals surface area contributed by atoms with Crippen LogP contribution in [0.5, 0.6) is 5.75 Å². The van der Waals surface area contributed by atoms with Crippen LogP contribution in [0.25, 0.3) is 0 Å². The number of para-hydroxylation sites is 2. The van der Waals surface area contributed by atoms with Gasteiger partial charge in [0.05, 0.1) is 22.8 Å². The molecular weight excluding hydrogens is 320 g/mol. The minimum Gasteiger partial charge on any atom is -0.466 e. The zero-order chi connectivity index (χ0) is 18.4. The molecule has 0 aliphatic carbocycles. The molecule has 1 aliphatic heterocycles. The molecule has 0 bridgehead atoms. The van der Waals surface area contributed by atoms with Gasteiger partial charge in [0.1, 0.15) is 5.75 Å². The van der Waals surface area contributed by atoms with Crippen molar-refractivity contribution in [2.45, 2.75) is 46.3 Å². The molecule has 0 saturated carbocycles. The number of carbonyl (C=O) groups excluding carboxylic acids is 2. The molecule has 1 unspecified atom stereocenters. The number of carbonyl (C=O) groups is 2. The molecule has 2 N–H and O–H groups in total. The first-order valence-electron chi connectivity index (χ1n) is 8.20. The minimum atomic E-state index is -1.66. The summed E-state index contributed by atoms with van der Waals surface area (Å²) >= 11 is 0. The SMILES string of the molecule is Cc1nn(C(C)C)c(C)c1NC(=O)C1(C)Oc2ccccc2NC1=O. The average molecular weight is 342 g/mol. The van der Waals surface area contributed by atoms with E-state index in [0.717, 1.165) is 5.69 Å². The second-order valence-electron chi connectivity index (χ2n) is 6.62. The van der Waals surface area contributed by atoms with Crippen molar-refractivity contribution >= 4 is 23.2 Å². The number of anilines is 2. The normalized spacial score (nSPS) is 19.2. The summed E-state index contributed by atoms with van der Waals surface area (Å²) in [7, 11) is 0. The lowest BCUT2D eigenvalue weighted by Gasteiger charge is -2.33. The number of benzene rings is 1. The monoisotopic (exact) mass is 342 g/mol. The van der Waals surface area contributed by atoms with Gasteiger partial charge < -0.3 is 15.4 Å². The summed E-state index contributed by atoms with van der Waals surface area (Å²) in [6, 6.07) is 7.19. The smallest absolute Gasteiger partial charge is 0.278 e. The van der Waals surface area contributed by atoms with Gasteiger partial charge in [0.25, 0.3) is 17.4 Å². The molecule has 7 heteroatoms. The van der Waals surface area contributed by atoms with E-state index in [-0.39, 0.29) is 6.04 Å².